The Morgan fingerprint density at radius 3 is 2.90 bits per heavy atom. The summed E-state index contributed by atoms with van der Waals surface area (Å²) in [5.74, 6) is 0.523. The van der Waals surface area contributed by atoms with Gasteiger partial charge in [0.1, 0.15) is 5.82 Å². The zero-order valence-corrected chi connectivity index (χ0v) is 12.1. The lowest BCUT2D eigenvalue weighted by molar-refractivity contribution is 0.424. The Morgan fingerprint density at radius 2 is 2.05 bits per heavy atom. The summed E-state index contributed by atoms with van der Waals surface area (Å²) >= 11 is 6.13. The van der Waals surface area contributed by atoms with Crippen molar-refractivity contribution >= 4 is 17.3 Å². The van der Waals surface area contributed by atoms with E-state index in [1.54, 1.807) is 6.07 Å². The monoisotopic (exact) mass is 299 g/mol. The Balaban J connectivity index is 1.80. The molecule has 3 atom stereocenters. The van der Waals surface area contributed by atoms with Crippen molar-refractivity contribution in [1.29, 1.82) is 0 Å². The molecule has 21 heavy (non-hydrogen) atoms. The predicted molar refractivity (Wildman–Crippen MR) is 84.2 cm³/mol. The van der Waals surface area contributed by atoms with E-state index in [0.29, 0.717) is 5.92 Å². The highest BCUT2D eigenvalue weighted by atomic mass is 35.5. The first kappa shape index (κ1) is 12.9. The molecule has 0 bridgehead atoms. The van der Waals surface area contributed by atoms with Crippen LogP contribution in [-0.2, 0) is 0 Å². The van der Waals surface area contributed by atoms with Crippen LogP contribution in [0.4, 0.5) is 10.1 Å². The Bertz CT molecular complexity index is 725. The van der Waals surface area contributed by atoms with E-state index >= 15 is 0 Å². The van der Waals surface area contributed by atoms with E-state index in [4.69, 9.17) is 11.6 Å². The van der Waals surface area contributed by atoms with Crippen LogP contribution in [-0.4, -0.2) is 0 Å². The summed E-state index contributed by atoms with van der Waals surface area (Å²) in [6.45, 7) is 0. The molecule has 4 rings (SSSR count). The third kappa shape index (κ3) is 2.14. The molecule has 0 aromatic heterocycles. The SMILES string of the molecule is Fc1ccc2c(c1)[C@@H]1C=CC[C@@H]1[C@H](c1cccc(Cl)c1)N2. The Labute approximate surface area is 128 Å². The summed E-state index contributed by atoms with van der Waals surface area (Å²) in [5.41, 5.74) is 3.28. The average molecular weight is 300 g/mol. The minimum absolute atomic E-state index is 0.171. The molecule has 0 amide bonds. The van der Waals surface area contributed by atoms with Crippen LogP contribution in [0.1, 0.15) is 29.5 Å². The Morgan fingerprint density at radius 1 is 1.14 bits per heavy atom. The maximum Gasteiger partial charge on any atom is 0.123 e. The third-order valence-corrected chi connectivity index (χ3v) is 4.77. The van der Waals surface area contributed by atoms with E-state index < -0.39 is 0 Å². The summed E-state index contributed by atoms with van der Waals surface area (Å²) in [6, 6.07) is 13.2. The number of benzene rings is 2. The van der Waals surface area contributed by atoms with Crippen molar-refractivity contribution in [3.8, 4) is 0 Å². The predicted octanol–water partition coefficient (Wildman–Crippen LogP) is 5.31. The van der Waals surface area contributed by atoms with Crippen LogP contribution in [0.5, 0.6) is 0 Å². The Hall–Kier alpha value is -1.80. The molecule has 0 saturated heterocycles. The zero-order chi connectivity index (χ0) is 14.4. The summed E-state index contributed by atoms with van der Waals surface area (Å²) in [5, 5.41) is 4.33. The molecule has 3 heteroatoms. The molecule has 2 aromatic rings. The largest absolute Gasteiger partial charge is 0.378 e. The lowest BCUT2D eigenvalue weighted by atomic mass is 9.77. The first-order valence-electron chi connectivity index (χ1n) is 7.20. The fourth-order valence-corrected chi connectivity index (χ4v) is 3.79. The van der Waals surface area contributed by atoms with Crippen molar-refractivity contribution in [3.63, 3.8) is 0 Å². The molecule has 1 heterocycles. The highest BCUT2D eigenvalue weighted by Crippen LogP contribution is 2.49. The van der Waals surface area contributed by atoms with Gasteiger partial charge in [-0.15, -0.1) is 0 Å². The second-order valence-corrected chi connectivity index (χ2v) is 6.20. The number of nitrogens with one attached hydrogen (secondary N) is 1. The first-order chi connectivity index (χ1) is 10.2. The van der Waals surface area contributed by atoms with Crippen LogP contribution in [0, 0.1) is 11.7 Å². The molecule has 2 aliphatic rings. The molecule has 0 fully saturated rings. The molecule has 1 aliphatic carbocycles. The maximum atomic E-state index is 13.6. The fourth-order valence-electron chi connectivity index (χ4n) is 3.60. The molecule has 0 unspecified atom stereocenters. The van der Waals surface area contributed by atoms with Crippen LogP contribution in [0.15, 0.2) is 54.6 Å². The fraction of sp³-hybridized carbons (Fsp3) is 0.222. The van der Waals surface area contributed by atoms with Gasteiger partial charge in [-0.2, -0.15) is 0 Å². The number of hydrogen-bond acceptors (Lipinski definition) is 1. The van der Waals surface area contributed by atoms with Gasteiger partial charge in [0, 0.05) is 16.6 Å². The van der Waals surface area contributed by atoms with Gasteiger partial charge in [-0.1, -0.05) is 35.9 Å². The molecule has 1 aliphatic heterocycles. The number of rotatable bonds is 1. The van der Waals surface area contributed by atoms with Crippen molar-refractivity contribution in [2.75, 3.05) is 5.32 Å². The zero-order valence-electron chi connectivity index (χ0n) is 11.4. The topological polar surface area (TPSA) is 12.0 Å². The van der Waals surface area contributed by atoms with Gasteiger partial charge in [0.25, 0.3) is 0 Å². The summed E-state index contributed by atoms with van der Waals surface area (Å²) in [7, 11) is 0. The van der Waals surface area contributed by atoms with Gasteiger partial charge in [0.05, 0.1) is 6.04 Å². The highest BCUT2D eigenvalue weighted by molar-refractivity contribution is 6.30. The van der Waals surface area contributed by atoms with E-state index in [1.807, 2.05) is 24.3 Å². The molecule has 1 nitrogen and oxygen atoms in total. The lowest BCUT2D eigenvalue weighted by Gasteiger charge is -2.37. The molecular weight excluding hydrogens is 285 g/mol. The van der Waals surface area contributed by atoms with Crippen LogP contribution >= 0.6 is 11.6 Å². The van der Waals surface area contributed by atoms with E-state index in [1.165, 1.54) is 11.6 Å². The summed E-state index contributed by atoms with van der Waals surface area (Å²) < 4.78 is 13.6. The second kappa shape index (κ2) is 4.88. The lowest BCUT2D eigenvalue weighted by Crippen LogP contribution is -2.29. The number of hydrogen-bond donors (Lipinski definition) is 1. The standard InChI is InChI=1S/C18H15ClFN/c19-12-4-1-3-11(9-12)18-15-6-2-5-14(15)16-10-13(20)7-8-17(16)21-18/h1-5,7-10,14-15,18,21H,6H2/t14-,15+,18+/m1/s1. The molecule has 2 aromatic carbocycles. The van der Waals surface area contributed by atoms with Gasteiger partial charge in [-0.3, -0.25) is 0 Å². The number of halogens is 2. The van der Waals surface area contributed by atoms with Gasteiger partial charge >= 0.3 is 0 Å². The smallest absolute Gasteiger partial charge is 0.123 e. The van der Waals surface area contributed by atoms with Crippen LogP contribution < -0.4 is 5.32 Å². The van der Waals surface area contributed by atoms with Crippen molar-refractivity contribution in [1.82, 2.24) is 0 Å². The van der Waals surface area contributed by atoms with Crippen molar-refractivity contribution in [3.05, 3.63) is 76.6 Å². The third-order valence-electron chi connectivity index (χ3n) is 4.53. The summed E-state index contributed by atoms with van der Waals surface area (Å²) in [4.78, 5) is 0. The quantitative estimate of drug-likeness (QED) is 0.704. The molecule has 0 saturated carbocycles. The highest BCUT2D eigenvalue weighted by Gasteiger charge is 2.37. The minimum Gasteiger partial charge on any atom is -0.378 e. The van der Waals surface area contributed by atoms with E-state index in [2.05, 4.69) is 23.5 Å². The van der Waals surface area contributed by atoms with E-state index in [-0.39, 0.29) is 17.8 Å². The van der Waals surface area contributed by atoms with Gasteiger partial charge < -0.3 is 5.32 Å². The normalized spacial score (nSPS) is 26.1. The van der Waals surface area contributed by atoms with Gasteiger partial charge in [0.2, 0.25) is 0 Å². The van der Waals surface area contributed by atoms with Gasteiger partial charge in [-0.05, 0) is 53.8 Å². The van der Waals surface area contributed by atoms with Gasteiger partial charge in [0.15, 0.2) is 0 Å². The van der Waals surface area contributed by atoms with Crippen molar-refractivity contribution in [2.45, 2.75) is 18.4 Å². The molecular formula is C18H15ClFN. The average Bonchev–Trinajstić information content (AvgIpc) is 2.96. The minimum atomic E-state index is -0.171. The van der Waals surface area contributed by atoms with E-state index in [9.17, 15) is 4.39 Å². The number of anilines is 1. The molecule has 1 N–H and O–H groups in total. The van der Waals surface area contributed by atoms with Crippen LogP contribution in [0.2, 0.25) is 5.02 Å². The van der Waals surface area contributed by atoms with Gasteiger partial charge in [-0.25, -0.2) is 4.39 Å². The molecule has 0 spiro atoms. The van der Waals surface area contributed by atoms with Crippen molar-refractivity contribution in [2.24, 2.45) is 5.92 Å². The number of allylic oxidation sites excluding steroid dienone is 2. The van der Waals surface area contributed by atoms with Crippen molar-refractivity contribution < 1.29 is 4.39 Å². The van der Waals surface area contributed by atoms with Crippen LogP contribution in [0.25, 0.3) is 0 Å². The first-order valence-corrected chi connectivity index (χ1v) is 7.58. The van der Waals surface area contributed by atoms with Crippen LogP contribution in [0.3, 0.4) is 0 Å². The maximum absolute atomic E-state index is 13.6. The van der Waals surface area contributed by atoms with E-state index in [0.717, 1.165) is 22.7 Å². The summed E-state index contributed by atoms with van der Waals surface area (Å²) in [6.07, 6.45) is 5.42. The molecule has 106 valence electrons. The molecule has 0 radical (unpaired) electrons. The Kier molecular flexibility index (Phi) is 3.00. The number of fused-ring (bicyclic) bond motifs is 3. The second-order valence-electron chi connectivity index (χ2n) is 5.76.